The zero-order valence-electron chi connectivity index (χ0n) is 9.66. The summed E-state index contributed by atoms with van der Waals surface area (Å²) in [6.45, 7) is -1.44. The molecule has 0 bridgehead atoms. The summed E-state index contributed by atoms with van der Waals surface area (Å²) in [4.78, 5) is 4.03. The molecular weight excluding hydrogens is 259 g/mol. The Bertz CT molecular complexity index is 625. The lowest BCUT2D eigenvalue weighted by atomic mass is 10.1. The Morgan fingerprint density at radius 1 is 1.32 bits per heavy atom. The minimum Gasteiger partial charge on any atom is -0.483 e. The zero-order valence-corrected chi connectivity index (χ0v) is 9.66. The fourth-order valence-corrected chi connectivity index (χ4v) is 1.62. The molecule has 0 aliphatic heterocycles. The van der Waals surface area contributed by atoms with Gasteiger partial charge in [0.1, 0.15) is 11.6 Å². The molecule has 19 heavy (non-hydrogen) atoms. The van der Waals surface area contributed by atoms with Crippen LogP contribution in [-0.4, -0.2) is 23.6 Å². The Balaban J connectivity index is 2.53. The maximum absolute atomic E-state index is 12.2. The van der Waals surface area contributed by atoms with Gasteiger partial charge < -0.3 is 10.5 Å². The summed E-state index contributed by atoms with van der Waals surface area (Å²) in [5, 5.41) is 7.75. The second kappa shape index (κ2) is 4.75. The molecule has 2 rings (SSSR count). The number of aromatic nitrogens is 1. The molecule has 4 nitrogen and oxygen atoms in total. The number of para-hydroxylation sites is 1. The van der Waals surface area contributed by atoms with E-state index in [2.05, 4.69) is 4.98 Å². The summed E-state index contributed by atoms with van der Waals surface area (Å²) in [6.07, 6.45) is -3.23. The largest absolute Gasteiger partial charge is 0.483 e. The number of nitrogens with two attached hydrogens (primary N) is 1. The Labute approximate surface area is 106 Å². The van der Waals surface area contributed by atoms with Crippen molar-refractivity contribution in [3.05, 3.63) is 36.0 Å². The molecule has 0 saturated heterocycles. The number of pyridine rings is 1. The molecule has 0 atom stereocenters. The van der Waals surface area contributed by atoms with E-state index in [1.54, 1.807) is 24.3 Å². The van der Waals surface area contributed by atoms with Gasteiger partial charge >= 0.3 is 6.18 Å². The molecule has 3 N–H and O–H groups in total. The number of ether oxygens (including phenoxy) is 1. The summed E-state index contributed by atoms with van der Waals surface area (Å²) in [7, 11) is 0. The minimum absolute atomic E-state index is 0.0444. The molecule has 0 saturated carbocycles. The quantitative estimate of drug-likeness (QED) is 0.664. The number of alkyl halides is 3. The van der Waals surface area contributed by atoms with Gasteiger partial charge in [0.15, 0.2) is 6.61 Å². The van der Waals surface area contributed by atoms with Crippen LogP contribution in [0.4, 0.5) is 13.2 Å². The van der Waals surface area contributed by atoms with Gasteiger partial charge in [-0.05, 0) is 12.1 Å². The van der Waals surface area contributed by atoms with E-state index in [1.165, 1.54) is 6.20 Å². The van der Waals surface area contributed by atoms with Crippen LogP contribution in [0, 0.1) is 5.41 Å². The highest BCUT2D eigenvalue weighted by Crippen LogP contribution is 2.29. The number of benzene rings is 1. The first-order chi connectivity index (χ1) is 8.88. The lowest BCUT2D eigenvalue weighted by Crippen LogP contribution is -2.21. The van der Waals surface area contributed by atoms with Crippen molar-refractivity contribution in [3.8, 4) is 5.75 Å². The third-order valence-corrected chi connectivity index (χ3v) is 2.40. The Hall–Kier alpha value is -2.31. The van der Waals surface area contributed by atoms with Crippen LogP contribution in [0.1, 0.15) is 5.56 Å². The van der Waals surface area contributed by atoms with Crippen LogP contribution in [0.25, 0.3) is 10.9 Å². The van der Waals surface area contributed by atoms with Crippen molar-refractivity contribution >= 4 is 16.7 Å². The average molecular weight is 269 g/mol. The van der Waals surface area contributed by atoms with Crippen LogP contribution < -0.4 is 10.5 Å². The first kappa shape index (κ1) is 13.1. The van der Waals surface area contributed by atoms with E-state index in [0.717, 1.165) is 0 Å². The lowest BCUT2D eigenvalue weighted by molar-refractivity contribution is -0.153. The fourth-order valence-electron chi connectivity index (χ4n) is 1.62. The number of hydrogen-bond acceptors (Lipinski definition) is 3. The maximum Gasteiger partial charge on any atom is 0.422 e. The van der Waals surface area contributed by atoms with Crippen LogP contribution in [0.3, 0.4) is 0 Å². The first-order valence-corrected chi connectivity index (χ1v) is 5.30. The van der Waals surface area contributed by atoms with Gasteiger partial charge in [0.25, 0.3) is 0 Å². The third kappa shape index (κ3) is 2.93. The van der Waals surface area contributed by atoms with Crippen molar-refractivity contribution in [3.63, 3.8) is 0 Å². The number of nitrogens with one attached hydrogen (secondary N) is 1. The second-order valence-corrected chi connectivity index (χ2v) is 3.84. The van der Waals surface area contributed by atoms with Gasteiger partial charge in [-0.3, -0.25) is 10.4 Å². The molecule has 0 amide bonds. The molecule has 0 unspecified atom stereocenters. The molecule has 1 heterocycles. The number of rotatable bonds is 3. The van der Waals surface area contributed by atoms with Gasteiger partial charge in [-0.2, -0.15) is 13.2 Å². The van der Waals surface area contributed by atoms with E-state index >= 15 is 0 Å². The minimum atomic E-state index is -4.46. The van der Waals surface area contributed by atoms with Crippen LogP contribution in [0.15, 0.2) is 30.5 Å². The van der Waals surface area contributed by atoms with Gasteiger partial charge in [-0.25, -0.2) is 0 Å². The van der Waals surface area contributed by atoms with Gasteiger partial charge in [0.2, 0.25) is 0 Å². The average Bonchev–Trinajstić information content (AvgIpc) is 2.34. The molecule has 1 aromatic heterocycles. The van der Waals surface area contributed by atoms with E-state index in [9.17, 15) is 13.2 Å². The van der Waals surface area contributed by atoms with Crippen molar-refractivity contribution in [1.29, 1.82) is 5.41 Å². The van der Waals surface area contributed by atoms with Crippen LogP contribution in [0.5, 0.6) is 5.75 Å². The Morgan fingerprint density at radius 3 is 2.63 bits per heavy atom. The van der Waals surface area contributed by atoms with Gasteiger partial charge in [0.05, 0.1) is 11.1 Å². The summed E-state index contributed by atoms with van der Waals surface area (Å²) in [5.74, 6) is -0.467. The van der Waals surface area contributed by atoms with E-state index < -0.39 is 18.6 Å². The smallest absolute Gasteiger partial charge is 0.422 e. The molecule has 2 aromatic rings. The van der Waals surface area contributed by atoms with Gasteiger partial charge in [0, 0.05) is 11.6 Å². The van der Waals surface area contributed by atoms with Gasteiger partial charge in [-0.15, -0.1) is 0 Å². The number of halogens is 3. The van der Waals surface area contributed by atoms with E-state index in [0.29, 0.717) is 10.9 Å². The summed E-state index contributed by atoms with van der Waals surface area (Å²) in [5.41, 5.74) is 5.85. The van der Waals surface area contributed by atoms with Crippen LogP contribution in [-0.2, 0) is 0 Å². The third-order valence-electron chi connectivity index (χ3n) is 2.40. The van der Waals surface area contributed by atoms with Gasteiger partial charge in [-0.1, -0.05) is 12.1 Å². The Kier molecular flexibility index (Phi) is 3.28. The molecule has 0 fully saturated rings. The monoisotopic (exact) mass is 269 g/mol. The predicted octanol–water partition coefficient (Wildman–Crippen LogP) is 2.46. The predicted molar refractivity (Wildman–Crippen MR) is 64.3 cm³/mol. The van der Waals surface area contributed by atoms with Crippen molar-refractivity contribution < 1.29 is 17.9 Å². The number of nitrogens with zero attached hydrogens (tertiary/aromatic N) is 1. The van der Waals surface area contributed by atoms with Crippen molar-refractivity contribution in [2.75, 3.05) is 6.61 Å². The Morgan fingerprint density at radius 2 is 2.00 bits per heavy atom. The van der Waals surface area contributed by atoms with E-state index in [1.807, 2.05) is 0 Å². The van der Waals surface area contributed by atoms with Crippen molar-refractivity contribution in [2.45, 2.75) is 6.18 Å². The lowest BCUT2D eigenvalue weighted by Gasteiger charge is -2.14. The van der Waals surface area contributed by atoms with Crippen LogP contribution >= 0.6 is 0 Å². The fraction of sp³-hybridized carbons (Fsp3) is 0.167. The molecule has 0 aliphatic carbocycles. The molecule has 0 radical (unpaired) electrons. The van der Waals surface area contributed by atoms with Crippen molar-refractivity contribution in [2.24, 2.45) is 5.73 Å². The number of fused-ring (bicyclic) bond motifs is 1. The second-order valence-electron chi connectivity index (χ2n) is 3.84. The molecule has 7 heteroatoms. The van der Waals surface area contributed by atoms with Crippen LogP contribution in [0.2, 0.25) is 0 Å². The van der Waals surface area contributed by atoms with E-state index in [4.69, 9.17) is 15.9 Å². The normalized spacial score (nSPS) is 11.5. The van der Waals surface area contributed by atoms with E-state index in [-0.39, 0.29) is 11.3 Å². The molecule has 100 valence electrons. The summed E-state index contributed by atoms with van der Waals surface area (Å²) >= 11 is 0. The highest BCUT2D eigenvalue weighted by Gasteiger charge is 2.29. The maximum atomic E-state index is 12.2. The van der Waals surface area contributed by atoms with Crippen molar-refractivity contribution in [1.82, 2.24) is 4.98 Å². The molecule has 0 aliphatic rings. The number of hydrogen-bond donors (Lipinski definition) is 2. The highest BCUT2D eigenvalue weighted by atomic mass is 19.4. The molecule has 0 spiro atoms. The summed E-state index contributed by atoms with van der Waals surface area (Å²) in [6, 6.07) is 6.56. The SMILES string of the molecule is N=C(N)c1cnc2ccccc2c1OCC(F)(F)F. The summed E-state index contributed by atoms with van der Waals surface area (Å²) < 4.78 is 41.5. The topological polar surface area (TPSA) is 72.0 Å². The first-order valence-electron chi connectivity index (χ1n) is 5.30. The molecular formula is C12H10F3N3O. The highest BCUT2D eigenvalue weighted by molar-refractivity contribution is 6.02. The standard InChI is InChI=1S/C12H10F3N3O/c13-12(14,15)6-19-10-7-3-1-2-4-9(7)18-5-8(10)11(16)17/h1-5H,6H2,(H3,16,17). The molecule has 1 aromatic carbocycles. The number of nitrogen functional groups attached to an aromatic ring is 1. The number of amidine groups is 1. The zero-order chi connectivity index (χ0) is 14.0.